The molecule has 2 atom stereocenters. The molecule has 0 spiro atoms. The predicted octanol–water partition coefficient (Wildman–Crippen LogP) is 1.31. The maximum atomic E-state index is 9.46. The van der Waals surface area contributed by atoms with Crippen molar-refractivity contribution in [3.05, 3.63) is 0 Å². The van der Waals surface area contributed by atoms with Crippen molar-refractivity contribution in [2.24, 2.45) is 0 Å². The Morgan fingerprint density at radius 3 is 2.20 bits per heavy atom. The lowest BCUT2D eigenvalue weighted by Gasteiger charge is -2.23. The number of rotatable bonds is 4. The summed E-state index contributed by atoms with van der Waals surface area (Å²) in [4.78, 5) is 0. The molecular formula is C8H18O2. The first kappa shape index (κ1) is 9.92. The molecule has 0 radical (unpaired) electrons. The average molecular weight is 146 g/mol. The van der Waals surface area contributed by atoms with Gasteiger partial charge in [0.25, 0.3) is 0 Å². The third-order valence-electron chi connectivity index (χ3n) is 1.91. The van der Waals surface area contributed by atoms with Crippen molar-refractivity contribution in [2.75, 3.05) is 0 Å². The van der Waals surface area contributed by atoms with Crippen LogP contribution in [0, 0.1) is 0 Å². The first-order chi connectivity index (χ1) is 4.52. The zero-order chi connectivity index (χ0) is 8.20. The van der Waals surface area contributed by atoms with Crippen molar-refractivity contribution in [2.45, 2.75) is 51.7 Å². The summed E-state index contributed by atoms with van der Waals surface area (Å²) in [6.45, 7) is 5.59. The van der Waals surface area contributed by atoms with E-state index in [2.05, 4.69) is 0 Å². The van der Waals surface area contributed by atoms with Crippen molar-refractivity contribution in [1.82, 2.24) is 0 Å². The number of hydrogen-bond acceptors (Lipinski definition) is 2. The van der Waals surface area contributed by atoms with Crippen LogP contribution in [-0.2, 0) is 0 Å². The minimum Gasteiger partial charge on any atom is -0.393 e. The van der Waals surface area contributed by atoms with Crippen LogP contribution in [0.4, 0.5) is 0 Å². The van der Waals surface area contributed by atoms with Crippen LogP contribution in [0.1, 0.15) is 40.0 Å². The molecule has 0 heterocycles. The lowest BCUT2D eigenvalue weighted by Crippen LogP contribution is -2.28. The van der Waals surface area contributed by atoms with Crippen LogP contribution in [0.3, 0.4) is 0 Å². The van der Waals surface area contributed by atoms with E-state index in [1.165, 1.54) is 0 Å². The largest absolute Gasteiger partial charge is 0.393 e. The van der Waals surface area contributed by atoms with Crippen molar-refractivity contribution in [1.29, 1.82) is 0 Å². The fourth-order valence-corrected chi connectivity index (χ4v) is 0.796. The third kappa shape index (κ3) is 3.85. The minimum absolute atomic E-state index is 0.352. The summed E-state index contributed by atoms with van der Waals surface area (Å²) < 4.78 is 0. The van der Waals surface area contributed by atoms with Gasteiger partial charge in [-0.05, 0) is 19.8 Å². The van der Waals surface area contributed by atoms with Gasteiger partial charge in [-0.15, -0.1) is 0 Å². The molecule has 0 saturated heterocycles. The molecule has 0 aromatic heterocycles. The molecule has 2 heteroatoms. The summed E-state index contributed by atoms with van der Waals surface area (Å²) in [5.74, 6) is 0. The van der Waals surface area contributed by atoms with Gasteiger partial charge in [0.05, 0.1) is 11.7 Å². The first-order valence-corrected chi connectivity index (χ1v) is 3.92. The zero-order valence-electron chi connectivity index (χ0n) is 7.09. The standard InChI is InChI=1S/C8H18O2/c1-4-7(9)6-8(3,10)5-2/h7,9-10H,4-6H2,1-3H3/t7?,8-/m0/s1. The fourth-order valence-electron chi connectivity index (χ4n) is 0.796. The first-order valence-electron chi connectivity index (χ1n) is 3.92. The summed E-state index contributed by atoms with van der Waals surface area (Å²) in [7, 11) is 0. The van der Waals surface area contributed by atoms with Gasteiger partial charge in [-0.3, -0.25) is 0 Å². The average Bonchev–Trinajstić information content (AvgIpc) is 1.87. The Morgan fingerprint density at radius 1 is 1.40 bits per heavy atom. The smallest absolute Gasteiger partial charge is 0.0641 e. The van der Waals surface area contributed by atoms with Crippen molar-refractivity contribution >= 4 is 0 Å². The van der Waals surface area contributed by atoms with Crippen LogP contribution in [0.25, 0.3) is 0 Å². The molecule has 62 valence electrons. The summed E-state index contributed by atoms with van der Waals surface area (Å²) in [5, 5.41) is 18.6. The molecule has 0 bridgehead atoms. The number of aliphatic hydroxyl groups excluding tert-OH is 1. The lowest BCUT2D eigenvalue weighted by molar-refractivity contribution is 0.000230. The molecule has 0 fully saturated rings. The van der Waals surface area contributed by atoms with Gasteiger partial charge < -0.3 is 10.2 Å². The number of hydrogen-bond donors (Lipinski definition) is 2. The van der Waals surface area contributed by atoms with E-state index in [1.807, 2.05) is 13.8 Å². The second kappa shape index (κ2) is 3.94. The Kier molecular flexibility index (Phi) is 3.91. The van der Waals surface area contributed by atoms with E-state index < -0.39 is 5.60 Å². The van der Waals surface area contributed by atoms with Gasteiger partial charge >= 0.3 is 0 Å². The van der Waals surface area contributed by atoms with Crippen LogP contribution < -0.4 is 0 Å². The molecule has 0 amide bonds. The topological polar surface area (TPSA) is 40.5 Å². The molecule has 0 rings (SSSR count). The van der Waals surface area contributed by atoms with Gasteiger partial charge in [0, 0.05) is 6.42 Å². The van der Waals surface area contributed by atoms with E-state index in [0.717, 1.165) is 6.42 Å². The van der Waals surface area contributed by atoms with Crippen LogP contribution >= 0.6 is 0 Å². The Bertz CT molecular complexity index is 89.3. The maximum Gasteiger partial charge on any atom is 0.0641 e. The summed E-state index contributed by atoms with van der Waals surface area (Å²) in [6.07, 6.45) is 1.55. The van der Waals surface area contributed by atoms with Gasteiger partial charge in [0.15, 0.2) is 0 Å². The highest BCUT2D eigenvalue weighted by Gasteiger charge is 2.20. The van der Waals surface area contributed by atoms with E-state index in [-0.39, 0.29) is 6.10 Å². The second-order valence-corrected chi connectivity index (χ2v) is 3.12. The van der Waals surface area contributed by atoms with Crippen LogP contribution in [0.15, 0.2) is 0 Å². The Morgan fingerprint density at radius 2 is 1.90 bits per heavy atom. The molecule has 0 aromatic rings. The van der Waals surface area contributed by atoms with Crippen molar-refractivity contribution in [3.8, 4) is 0 Å². The van der Waals surface area contributed by atoms with Gasteiger partial charge in [-0.25, -0.2) is 0 Å². The van der Waals surface area contributed by atoms with Crippen molar-refractivity contribution < 1.29 is 10.2 Å². The summed E-state index contributed by atoms with van der Waals surface area (Å²) in [5.41, 5.74) is -0.685. The van der Waals surface area contributed by atoms with E-state index in [1.54, 1.807) is 6.92 Å². The molecule has 0 aromatic carbocycles. The Hall–Kier alpha value is -0.0800. The van der Waals surface area contributed by atoms with Gasteiger partial charge in [-0.2, -0.15) is 0 Å². The Labute approximate surface area is 62.9 Å². The SMILES string of the molecule is CCC(O)C[C@@](C)(O)CC. The number of aliphatic hydroxyl groups is 2. The third-order valence-corrected chi connectivity index (χ3v) is 1.91. The molecule has 0 aliphatic rings. The van der Waals surface area contributed by atoms with Crippen LogP contribution in [0.5, 0.6) is 0 Å². The molecule has 2 nitrogen and oxygen atoms in total. The van der Waals surface area contributed by atoms with Crippen LogP contribution in [-0.4, -0.2) is 21.9 Å². The highest BCUT2D eigenvalue weighted by molar-refractivity contribution is 4.73. The molecule has 0 aliphatic carbocycles. The monoisotopic (exact) mass is 146 g/mol. The molecule has 0 aliphatic heterocycles. The van der Waals surface area contributed by atoms with E-state index in [9.17, 15) is 5.11 Å². The maximum absolute atomic E-state index is 9.46. The fraction of sp³-hybridized carbons (Fsp3) is 1.00. The molecule has 2 N–H and O–H groups in total. The van der Waals surface area contributed by atoms with Crippen molar-refractivity contribution in [3.63, 3.8) is 0 Å². The normalized spacial score (nSPS) is 20.1. The highest BCUT2D eigenvalue weighted by atomic mass is 16.3. The molecular weight excluding hydrogens is 128 g/mol. The summed E-state index contributed by atoms with van der Waals surface area (Å²) >= 11 is 0. The van der Waals surface area contributed by atoms with E-state index in [4.69, 9.17) is 5.11 Å². The zero-order valence-corrected chi connectivity index (χ0v) is 7.09. The highest BCUT2D eigenvalue weighted by Crippen LogP contribution is 2.16. The van der Waals surface area contributed by atoms with Gasteiger partial charge in [-0.1, -0.05) is 13.8 Å². The van der Waals surface area contributed by atoms with Gasteiger partial charge in [0.2, 0.25) is 0 Å². The molecule has 1 unspecified atom stereocenters. The lowest BCUT2D eigenvalue weighted by atomic mass is 9.95. The predicted molar refractivity (Wildman–Crippen MR) is 41.8 cm³/mol. The second-order valence-electron chi connectivity index (χ2n) is 3.12. The molecule has 10 heavy (non-hydrogen) atoms. The summed E-state index contributed by atoms with van der Waals surface area (Å²) in [6, 6.07) is 0. The molecule has 0 saturated carbocycles. The quantitative estimate of drug-likeness (QED) is 0.627. The minimum atomic E-state index is -0.685. The van der Waals surface area contributed by atoms with Crippen LogP contribution in [0.2, 0.25) is 0 Å². The Balaban J connectivity index is 3.64. The van der Waals surface area contributed by atoms with Gasteiger partial charge in [0.1, 0.15) is 0 Å². The van der Waals surface area contributed by atoms with E-state index in [0.29, 0.717) is 12.8 Å². The van der Waals surface area contributed by atoms with E-state index >= 15 is 0 Å².